The fourth-order valence-corrected chi connectivity index (χ4v) is 5.58. The molecule has 8 nitrogen and oxygen atoms in total. The molecular formula is C25H30N2O6S. The minimum absolute atomic E-state index is 0.0204. The number of benzene rings is 2. The maximum absolute atomic E-state index is 13.0. The number of carbonyl (C=O) groups excluding carboxylic acids is 2. The summed E-state index contributed by atoms with van der Waals surface area (Å²) in [6.07, 6.45) is 0.533. The Morgan fingerprint density at radius 1 is 1.03 bits per heavy atom. The Bertz CT molecular complexity index is 1160. The molecule has 0 unspecified atom stereocenters. The van der Waals surface area contributed by atoms with Crippen LogP contribution in [0.2, 0.25) is 0 Å². The zero-order chi connectivity index (χ0) is 24.9. The molecule has 3 rings (SSSR count). The van der Waals surface area contributed by atoms with E-state index in [0.717, 1.165) is 0 Å². The molecule has 1 aliphatic rings. The number of aliphatic hydroxyl groups is 1. The first kappa shape index (κ1) is 25.6. The number of hydrogen-bond acceptors (Lipinski definition) is 6. The molecule has 1 saturated heterocycles. The van der Waals surface area contributed by atoms with Gasteiger partial charge in [0.25, 0.3) is 11.7 Å². The Morgan fingerprint density at radius 2 is 1.65 bits per heavy atom. The molecular weight excluding hydrogens is 456 g/mol. The number of Topliss-reactive ketones (excluding diaryl/α,β-unsaturated/α-hetero) is 1. The zero-order valence-electron chi connectivity index (χ0n) is 19.6. The third-order valence-corrected chi connectivity index (χ3v) is 7.94. The van der Waals surface area contributed by atoms with E-state index in [-0.39, 0.29) is 28.3 Å². The predicted octanol–water partition coefficient (Wildman–Crippen LogP) is 3.18. The Balaban J connectivity index is 2.05. The standard InChI is InChI=1S/C25H30N2O6S/c1-4-26(5-2)34(31,32)20-14-12-19(13-15-20)23(28)21-22(18-10-7-6-8-11-18)27(16-9-17-33-3)25(30)24(21)29/h6-8,10-15,22,28H,4-5,9,16-17H2,1-3H3/t22-/m0/s1. The van der Waals surface area contributed by atoms with Gasteiger partial charge in [-0.3, -0.25) is 9.59 Å². The van der Waals surface area contributed by atoms with Crippen LogP contribution in [0, 0.1) is 0 Å². The highest BCUT2D eigenvalue weighted by molar-refractivity contribution is 7.89. The van der Waals surface area contributed by atoms with Crippen molar-refractivity contribution in [1.82, 2.24) is 9.21 Å². The summed E-state index contributed by atoms with van der Waals surface area (Å²) in [6, 6.07) is 14.0. The molecule has 2 aromatic rings. The molecule has 182 valence electrons. The predicted molar refractivity (Wildman–Crippen MR) is 128 cm³/mol. The Kier molecular flexibility index (Phi) is 8.24. The number of likely N-dealkylation sites (tertiary alicyclic amines) is 1. The van der Waals surface area contributed by atoms with Crippen molar-refractivity contribution < 1.29 is 27.9 Å². The smallest absolute Gasteiger partial charge is 0.295 e. The molecule has 0 spiro atoms. The molecule has 0 saturated carbocycles. The molecule has 1 atom stereocenters. The van der Waals surface area contributed by atoms with E-state index in [1.165, 1.54) is 33.5 Å². The van der Waals surface area contributed by atoms with Crippen LogP contribution in [0.25, 0.3) is 5.76 Å². The molecule has 1 amide bonds. The van der Waals surface area contributed by atoms with Crippen molar-refractivity contribution in [1.29, 1.82) is 0 Å². The minimum Gasteiger partial charge on any atom is -0.507 e. The van der Waals surface area contributed by atoms with Crippen molar-refractivity contribution in [3.05, 3.63) is 71.3 Å². The maximum atomic E-state index is 13.0. The van der Waals surface area contributed by atoms with Gasteiger partial charge in [0.2, 0.25) is 10.0 Å². The van der Waals surface area contributed by atoms with Crippen LogP contribution >= 0.6 is 0 Å². The number of ether oxygens (including phenoxy) is 1. The van der Waals surface area contributed by atoms with Crippen LogP contribution in [0.5, 0.6) is 0 Å². The quantitative estimate of drug-likeness (QED) is 0.239. The van der Waals surface area contributed by atoms with Crippen molar-refractivity contribution >= 4 is 27.5 Å². The lowest BCUT2D eigenvalue weighted by atomic mass is 9.95. The fraction of sp³-hybridized carbons (Fsp3) is 0.360. The highest BCUT2D eigenvalue weighted by Crippen LogP contribution is 2.39. The molecule has 0 bridgehead atoms. The van der Waals surface area contributed by atoms with Crippen LogP contribution in [-0.2, 0) is 24.3 Å². The average Bonchev–Trinajstić information content (AvgIpc) is 3.10. The average molecular weight is 487 g/mol. The molecule has 34 heavy (non-hydrogen) atoms. The highest BCUT2D eigenvalue weighted by Gasteiger charge is 2.45. The second kappa shape index (κ2) is 10.9. The number of aliphatic hydroxyl groups excluding tert-OH is 1. The largest absolute Gasteiger partial charge is 0.507 e. The third kappa shape index (κ3) is 4.91. The summed E-state index contributed by atoms with van der Waals surface area (Å²) in [5, 5.41) is 11.1. The number of ketones is 1. The number of hydrogen-bond donors (Lipinski definition) is 1. The van der Waals surface area contributed by atoms with Gasteiger partial charge in [-0.15, -0.1) is 0 Å². The summed E-state index contributed by atoms with van der Waals surface area (Å²) < 4.78 is 32.0. The van der Waals surface area contributed by atoms with Crippen molar-refractivity contribution in [2.45, 2.75) is 31.2 Å². The zero-order valence-corrected chi connectivity index (χ0v) is 20.4. The summed E-state index contributed by atoms with van der Waals surface area (Å²) in [4.78, 5) is 27.4. The van der Waals surface area contributed by atoms with Gasteiger partial charge in [-0.2, -0.15) is 4.31 Å². The molecule has 1 aliphatic heterocycles. The SMILES string of the molecule is CCN(CC)S(=O)(=O)c1ccc(C(O)=C2C(=O)C(=O)N(CCCOC)[C@H]2c2ccccc2)cc1. The number of methoxy groups -OCH3 is 1. The van der Waals surface area contributed by atoms with E-state index in [2.05, 4.69) is 0 Å². The van der Waals surface area contributed by atoms with E-state index in [0.29, 0.717) is 31.7 Å². The number of nitrogens with zero attached hydrogens (tertiary/aromatic N) is 2. The van der Waals surface area contributed by atoms with Crippen molar-refractivity contribution in [2.24, 2.45) is 0 Å². The normalized spacial score (nSPS) is 18.1. The molecule has 1 N–H and O–H groups in total. The van der Waals surface area contributed by atoms with Gasteiger partial charge >= 0.3 is 0 Å². The Labute approximate surface area is 200 Å². The van der Waals surface area contributed by atoms with Gasteiger partial charge in [-0.25, -0.2) is 8.42 Å². The first-order valence-corrected chi connectivity index (χ1v) is 12.6. The maximum Gasteiger partial charge on any atom is 0.295 e. The van der Waals surface area contributed by atoms with E-state index >= 15 is 0 Å². The van der Waals surface area contributed by atoms with E-state index < -0.39 is 27.8 Å². The molecule has 1 heterocycles. The van der Waals surface area contributed by atoms with Crippen LogP contribution < -0.4 is 0 Å². The van der Waals surface area contributed by atoms with E-state index in [1.54, 1.807) is 45.2 Å². The number of amides is 1. The second-order valence-electron chi connectivity index (χ2n) is 7.86. The number of sulfonamides is 1. The van der Waals surface area contributed by atoms with Gasteiger partial charge < -0.3 is 14.7 Å². The van der Waals surface area contributed by atoms with Gasteiger partial charge in [0, 0.05) is 38.9 Å². The van der Waals surface area contributed by atoms with Gasteiger partial charge in [0.1, 0.15) is 5.76 Å². The summed E-state index contributed by atoms with van der Waals surface area (Å²) >= 11 is 0. The molecule has 9 heteroatoms. The lowest BCUT2D eigenvalue weighted by Gasteiger charge is -2.25. The first-order valence-electron chi connectivity index (χ1n) is 11.2. The monoisotopic (exact) mass is 486 g/mol. The summed E-state index contributed by atoms with van der Waals surface area (Å²) in [5.41, 5.74) is 0.934. The minimum atomic E-state index is -3.66. The van der Waals surface area contributed by atoms with Crippen LogP contribution in [-0.4, -0.2) is 67.8 Å². The topological polar surface area (TPSA) is 104 Å². The first-order chi connectivity index (χ1) is 16.3. The Morgan fingerprint density at radius 3 is 2.21 bits per heavy atom. The van der Waals surface area contributed by atoms with Crippen LogP contribution in [0.4, 0.5) is 0 Å². The summed E-state index contributed by atoms with van der Waals surface area (Å²) in [6.45, 7) is 4.91. The van der Waals surface area contributed by atoms with Crippen LogP contribution in [0.1, 0.15) is 37.4 Å². The lowest BCUT2D eigenvalue weighted by molar-refractivity contribution is -0.140. The van der Waals surface area contributed by atoms with Gasteiger partial charge in [0.05, 0.1) is 16.5 Å². The molecule has 0 radical (unpaired) electrons. The van der Waals surface area contributed by atoms with E-state index in [4.69, 9.17) is 4.74 Å². The van der Waals surface area contributed by atoms with Gasteiger partial charge in [-0.05, 0) is 36.2 Å². The molecule has 0 aliphatic carbocycles. The van der Waals surface area contributed by atoms with Gasteiger partial charge in [-0.1, -0.05) is 44.2 Å². The highest BCUT2D eigenvalue weighted by atomic mass is 32.2. The molecule has 1 fully saturated rings. The van der Waals surface area contributed by atoms with Gasteiger partial charge in [0.15, 0.2) is 0 Å². The summed E-state index contributed by atoms with van der Waals surface area (Å²) in [7, 11) is -2.10. The molecule has 0 aromatic heterocycles. The summed E-state index contributed by atoms with van der Waals surface area (Å²) in [5.74, 6) is -1.80. The number of carbonyl (C=O) groups is 2. The van der Waals surface area contributed by atoms with Crippen molar-refractivity contribution in [3.63, 3.8) is 0 Å². The number of rotatable bonds is 10. The second-order valence-corrected chi connectivity index (χ2v) is 9.80. The third-order valence-electron chi connectivity index (χ3n) is 5.87. The fourth-order valence-electron chi connectivity index (χ4n) is 4.12. The molecule has 2 aromatic carbocycles. The van der Waals surface area contributed by atoms with E-state index in [1.807, 2.05) is 6.07 Å². The van der Waals surface area contributed by atoms with Crippen LogP contribution in [0.3, 0.4) is 0 Å². The van der Waals surface area contributed by atoms with Crippen molar-refractivity contribution in [2.75, 3.05) is 33.4 Å². The van der Waals surface area contributed by atoms with Crippen molar-refractivity contribution in [3.8, 4) is 0 Å². The van der Waals surface area contributed by atoms with E-state index in [9.17, 15) is 23.1 Å². The Hall–Kier alpha value is -3.01. The lowest BCUT2D eigenvalue weighted by Crippen LogP contribution is -2.31. The van der Waals surface area contributed by atoms with Crippen LogP contribution in [0.15, 0.2) is 65.1 Å².